The van der Waals surface area contributed by atoms with Gasteiger partial charge < -0.3 is 0 Å². The summed E-state index contributed by atoms with van der Waals surface area (Å²) in [5, 5.41) is 0. The molecule has 13 heavy (non-hydrogen) atoms. The Balaban J connectivity index is 2.85. The lowest BCUT2D eigenvalue weighted by atomic mass is 9.96. The van der Waals surface area contributed by atoms with Crippen LogP contribution in [-0.2, 0) is 11.2 Å². The zero-order valence-corrected chi connectivity index (χ0v) is 8.50. The van der Waals surface area contributed by atoms with E-state index in [-0.39, 0.29) is 11.7 Å². The van der Waals surface area contributed by atoms with Crippen LogP contribution in [0.5, 0.6) is 0 Å². The Bertz CT molecular complexity index is 284. The third kappa shape index (κ3) is 2.41. The van der Waals surface area contributed by atoms with Crippen molar-refractivity contribution in [2.24, 2.45) is 0 Å². The minimum atomic E-state index is 0.0332. The monoisotopic (exact) mass is 176 g/mol. The van der Waals surface area contributed by atoms with Crippen molar-refractivity contribution in [2.45, 2.75) is 33.1 Å². The average Bonchev–Trinajstić information content (AvgIpc) is 2.17. The van der Waals surface area contributed by atoms with E-state index in [1.807, 2.05) is 19.1 Å². The molecule has 0 bridgehead atoms. The van der Waals surface area contributed by atoms with Crippen LogP contribution in [0.1, 0.15) is 37.8 Å². The summed E-state index contributed by atoms with van der Waals surface area (Å²) in [4.78, 5) is 11.1. The van der Waals surface area contributed by atoms with Crippen molar-refractivity contribution in [1.29, 1.82) is 0 Å². The summed E-state index contributed by atoms with van der Waals surface area (Å²) in [6.45, 7) is 5.71. The van der Waals surface area contributed by atoms with Gasteiger partial charge in [0.2, 0.25) is 0 Å². The van der Waals surface area contributed by atoms with Gasteiger partial charge in [-0.25, -0.2) is 0 Å². The van der Waals surface area contributed by atoms with Gasteiger partial charge in [0.15, 0.2) is 0 Å². The molecule has 1 heteroatoms. The minimum Gasteiger partial charge on any atom is -0.299 e. The highest BCUT2D eigenvalue weighted by Gasteiger charge is 2.09. The SMILES string of the molecule is CCc1ccc(C(C)C(C)=O)cc1. The molecule has 0 fully saturated rings. The Hall–Kier alpha value is -1.11. The first-order valence-electron chi connectivity index (χ1n) is 4.74. The maximum atomic E-state index is 11.1. The smallest absolute Gasteiger partial charge is 0.136 e. The Labute approximate surface area is 79.8 Å². The van der Waals surface area contributed by atoms with E-state index in [1.54, 1.807) is 6.92 Å². The van der Waals surface area contributed by atoms with E-state index in [4.69, 9.17) is 0 Å². The molecule has 1 rings (SSSR count). The van der Waals surface area contributed by atoms with Crippen molar-refractivity contribution in [3.63, 3.8) is 0 Å². The second-order valence-corrected chi connectivity index (χ2v) is 3.43. The highest BCUT2D eigenvalue weighted by molar-refractivity contribution is 5.82. The van der Waals surface area contributed by atoms with Crippen molar-refractivity contribution < 1.29 is 4.79 Å². The molecule has 0 aliphatic carbocycles. The molecule has 70 valence electrons. The van der Waals surface area contributed by atoms with E-state index in [0.717, 1.165) is 12.0 Å². The fraction of sp³-hybridized carbons (Fsp3) is 0.417. The molecule has 1 aromatic carbocycles. The Kier molecular flexibility index (Phi) is 3.24. The summed E-state index contributed by atoms with van der Waals surface area (Å²) in [6.07, 6.45) is 1.05. The van der Waals surface area contributed by atoms with Gasteiger partial charge in [0.05, 0.1) is 0 Å². The minimum absolute atomic E-state index is 0.0332. The predicted molar refractivity (Wildman–Crippen MR) is 54.9 cm³/mol. The van der Waals surface area contributed by atoms with E-state index in [2.05, 4.69) is 19.1 Å². The fourth-order valence-corrected chi connectivity index (χ4v) is 1.28. The maximum Gasteiger partial charge on any atom is 0.136 e. The second kappa shape index (κ2) is 4.22. The Morgan fingerprint density at radius 1 is 1.31 bits per heavy atom. The average molecular weight is 176 g/mol. The lowest BCUT2D eigenvalue weighted by molar-refractivity contribution is -0.118. The van der Waals surface area contributed by atoms with E-state index in [0.29, 0.717) is 0 Å². The van der Waals surface area contributed by atoms with Gasteiger partial charge in [-0.3, -0.25) is 4.79 Å². The Morgan fingerprint density at radius 2 is 1.85 bits per heavy atom. The number of carbonyl (C=O) groups excluding carboxylic acids is 1. The van der Waals surface area contributed by atoms with Crippen molar-refractivity contribution in [3.05, 3.63) is 35.4 Å². The molecule has 1 nitrogen and oxygen atoms in total. The van der Waals surface area contributed by atoms with Gasteiger partial charge in [0.25, 0.3) is 0 Å². The third-order valence-corrected chi connectivity index (χ3v) is 2.50. The van der Waals surface area contributed by atoms with Crippen LogP contribution in [0.3, 0.4) is 0 Å². The summed E-state index contributed by atoms with van der Waals surface area (Å²) in [5.41, 5.74) is 2.43. The molecule has 0 aromatic heterocycles. The molecule has 0 saturated carbocycles. The van der Waals surface area contributed by atoms with Crippen molar-refractivity contribution >= 4 is 5.78 Å². The number of aryl methyl sites for hydroxylation is 1. The molecular formula is C12H16O. The van der Waals surface area contributed by atoms with Crippen LogP contribution in [0.4, 0.5) is 0 Å². The van der Waals surface area contributed by atoms with Crippen molar-refractivity contribution in [2.75, 3.05) is 0 Å². The standard InChI is InChI=1S/C12H16O/c1-4-11-5-7-12(8-6-11)9(2)10(3)13/h5-9H,4H2,1-3H3. The molecule has 0 radical (unpaired) electrons. The number of carbonyl (C=O) groups is 1. The molecule has 1 aromatic rings. The van der Waals surface area contributed by atoms with Gasteiger partial charge in [0.1, 0.15) is 5.78 Å². The van der Waals surface area contributed by atoms with Crippen LogP contribution in [0, 0.1) is 0 Å². The quantitative estimate of drug-likeness (QED) is 0.692. The van der Waals surface area contributed by atoms with Crippen LogP contribution >= 0.6 is 0 Å². The molecule has 0 aliphatic rings. The van der Waals surface area contributed by atoms with Crippen LogP contribution in [0.2, 0.25) is 0 Å². The lowest BCUT2D eigenvalue weighted by Gasteiger charge is -2.07. The summed E-state index contributed by atoms with van der Waals surface area (Å²) < 4.78 is 0. The highest BCUT2D eigenvalue weighted by atomic mass is 16.1. The molecule has 1 atom stereocenters. The zero-order chi connectivity index (χ0) is 9.84. The summed E-state index contributed by atoms with van der Waals surface area (Å²) in [7, 11) is 0. The zero-order valence-electron chi connectivity index (χ0n) is 8.50. The molecule has 1 unspecified atom stereocenters. The number of rotatable bonds is 3. The third-order valence-electron chi connectivity index (χ3n) is 2.50. The van der Waals surface area contributed by atoms with E-state index >= 15 is 0 Å². The topological polar surface area (TPSA) is 17.1 Å². The maximum absolute atomic E-state index is 11.1. The molecule has 0 heterocycles. The van der Waals surface area contributed by atoms with Crippen LogP contribution < -0.4 is 0 Å². The first kappa shape index (κ1) is 9.97. The number of benzene rings is 1. The highest BCUT2D eigenvalue weighted by Crippen LogP contribution is 2.16. The predicted octanol–water partition coefficient (Wildman–Crippen LogP) is 2.94. The first-order chi connectivity index (χ1) is 6.15. The van der Waals surface area contributed by atoms with Crippen molar-refractivity contribution in [3.8, 4) is 0 Å². The molecule has 0 amide bonds. The summed E-state index contributed by atoms with van der Waals surface area (Å²) in [5.74, 6) is 0.259. The van der Waals surface area contributed by atoms with Gasteiger partial charge in [0, 0.05) is 5.92 Å². The van der Waals surface area contributed by atoms with Crippen LogP contribution in [0.25, 0.3) is 0 Å². The molecule has 0 saturated heterocycles. The first-order valence-corrected chi connectivity index (χ1v) is 4.74. The van der Waals surface area contributed by atoms with Crippen molar-refractivity contribution in [1.82, 2.24) is 0 Å². The normalized spacial score (nSPS) is 12.5. The van der Waals surface area contributed by atoms with Gasteiger partial charge in [-0.05, 0) is 24.5 Å². The van der Waals surface area contributed by atoms with E-state index < -0.39 is 0 Å². The van der Waals surface area contributed by atoms with Crippen LogP contribution in [-0.4, -0.2) is 5.78 Å². The largest absolute Gasteiger partial charge is 0.299 e. The van der Waals surface area contributed by atoms with Gasteiger partial charge in [-0.2, -0.15) is 0 Å². The number of hydrogen-bond acceptors (Lipinski definition) is 1. The van der Waals surface area contributed by atoms with Gasteiger partial charge in [-0.15, -0.1) is 0 Å². The molecular weight excluding hydrogens is 160 g/mol. The van der Waals surface area contributed by atoms with Crippen LogP contribution in [0.15, 0.2) is 24.3 Å². The summed E-state index contributed by atoms with van der Waals surface area (Å²) >= 11 is 0. The number of Topliss-reactive ketones (excluding diaryl/α,β-unsaturated/α-hetero) is 1. The van der Waals surface area contributed by atoms with Gasteiger partial charge in [-0.1, -0.05) is 38.1 Å². The van der Waals surface area contributed by atoms with E-state index in [1.165, 1.54) is 5.56 Å². The molecule has 0 N–H and O–H groups in total. The molecule has 0 aliphatic heterocycles. The van der Waals surface area contributed by atoms with E-state index in [9.17, 15) is 4.79 Å². The molecule has 0 spiro atoms. The fourth-order valence-electron chi connectivity index (χ4n) is 1.28. The number of ketones is 1. The lowest BCUT2D eigenvalue weighted by Crippen LogP contribution is -2.03. The Morgan fingerprint density at radius 3 is 2.23 bits per heavy atom. The summed E-state index contributed by atoms with van der Waals surface area (Å²) in [6, 6.07) is 8.28. The number of hydrogen-bond donors (Lipinski definition) is 0. The second-order valence-electron chi connectivity index (χ2n) is 3.43. The van der Waals surface area contributed by atoms with Gasteiger partial charge >= 0.3 is 0 Å².